The molecule has 2 N–H and O–H groups in total. The molecule has 16 heavy (non-hydrogen) atoms. The van der Waals surface area contributed by atoms with Crippen LogP contribution >= 0.6 is 0 Å². The lowest BCUT2D eigenvalue weighted by atomic mass is 10.1. The quantitative estimate of drug-likeness (QED) is 0.703. The van der Waals surface area contributed by atoms with Gasteiger partial charge in [0.25, 0.3) is 5.91 Å². The number of likely N-dealkylation sites (N-methyl/N-ethyl adjacent to an activating group) is 1. The van der Waals surface area contributed by atoms with Gasteiger partial charge < -0.3 is 10.6 Å². The Hall–Kier alpha value is -1.49. The fourth-order valence-corrected chi connectivity index (χ4v) is 1.37. The number of nitrogens with one attached hydrogen (secondary N) is 2. The highest BCUT2D eigenvalue weighted by Gasteiger charge is 2.11. The van der Waals surface area contributed by atoms with E-state index < -0.39 is 0 Å². The first-order valence-corrected chi connectivity index (χ1v) is 5.45. The summed E-state index contributed by atoms with van der Waals surface area (Å²) in [5, 5.41) is 13.8. The molecule has 0 aromatic carbocycles. The minimum atomic E-state index is -0.0786. The molecule has 0 radical (unpaired) electrons. The smallest absolute Gasteiger partial charge is 0.253 e. The first-order chi connectivity index (χ1) is 7.69. The maximum Gasteiger partial charge on any atom is 0.253 e. The number of carbonyl (C=O) groups excluding carboxylic acids is 1. The molecule has 0 saturated carbocycles. The van der Waals surface area contributed by atoms with E-state index in [1.807, 2.05) is 20.9 Å². The third kappa shape index (κ3) is 3.27. The van der Waals surface area contributed by atoms with Crippen molar-refractivity contribution in [2.75, 3.05) is 20.1 Å². The first kappa shape index (κ1) is 12.6. The molecular formula is C11H18N4O. The lowest BCUT2D eigenvalue weighted by molar-refractivity contribution is 0.0952. The van der Waals surface area contributed by atoms with Crippen molar-refractivity contribution in [1.82, 2.24) is 20.8 Å². The van der Waals surface area contributed by atoms with E-state index in [0.29, 0.717) is 18.5 Å². The van der Waals surface area contributed by atoms with E-state index in [0.717, 1.165) is 17.9 Å². The van der Waals surface area contributed by atoms with Crippen LogP contribution in [0.5, 0.6) is 0 Å². The Labute approximate surface area is 95.7 Å². The molecule has 5 nitrogen and oxygen atoms in total. The van der Waals surface area contributed by atoms with Gasteiger partial charge in [-0.05, 0) is 26.5 Å². The molecule has 0 bridgehead atoms. The predicted molar refractivity (Wildman–Crippen MR) is 62.4 cm³/mol. The second kappa shape index (κ2) is 6.17. The number of carbonyl (C=O) groups is 1. The number of aromatic nitrogens is 2. The van der Waals surface area contributed by atoms with Crippen molar-refractivity contribution in [3.8, 4) is 0 Å². The molecule has 1 aromatic rings. The molecular weight excluding hydrogens is 204 g/mol. The molecule has 0 fully saturated rings. The van der Waals surface area contributed by atoms with Gasteiger partial charge >= 0.3 is 0 Å². The summed E-state index contributed by atoms with van der Waals surface area (Å²) in [4.78, 5) is 11.8. The molecule has 0 aliphatic heterocycles. The van der Waals surface area contributed by atoms with Gasteiger partial charge in [0.2, 0.25) is 0 Å². The number of aryl methyl sites for hydroxylation is 2. The van der Waals surface area contributed by atoms with Gasteiger partial charge in [-0.15, -0.1) is 0 Å². The maximum absolute atomic E-state index is 11.8. The highest BCUT2D eigenvalue weighted by molar-refractivity contribution is 5.95. The molecule has 0 aliphatic rings. The van der Waals surface area contributed by atoms with Crippen LogP contribution in [0, 0.1) is 6.92 Å². The normalized spacial score (nSPS) is 10.2. The number of nitrogens with zero attached hydrogens (tertiary/aromatic N) is 2. The van der Waals surface area contributed by atoms with E-state index in [-0.39, 0.29) is 5.91 Å². The standard InChI is InChI=1S/C11H18N4O/c1-4-10-9(7-8(2)14-15-10)11(16)13-6-5-12-3/h7,12H,4-6H2,1-3H3,(H,13,16). The molecule has 0 atom stereocenters. The van der Waals surface area contributed by atoms with E-state index in [4.69, 9.17) is 0 Å². The van der Waals surface area contributed by atoms with Gasteiger partial charge in [-0.1, -0.05) is 6.92 Å². The molecule has 0 unspecified atom stereocenters. The average Bonchev–Trinajstić information content (AvgIpc) is 2.29. The summed E-state index contributed by atoms with van der Waals surface area (Å²) in [6, 6.07) is 1.78. The zero-order valence-corrected chi connectivity index (χ0v) is 10.0. The minimum absolute atomic E-state index is 0.0786. The summed E-state index contributed by atoms with van der Waals surface area (Å²) in [6.45, 7) is 5.16. The third-order valence-electron chi connectivity index (χ3n) is 2.23. The van der Waals surface area contributed by atoms with Crippen LogP contribution in [-0.2, 0) is 6.42 Å². The maximum atomic E-state index is 11.8. The number of amides is 1. The van der Waals surface area contributed by atoms with Crippen LogP contribution in [0.4, 0.5) is 0 Å². The van der Waals surface area contributed by atoms with Crippen LogP contribution in [0.1, 0.15) is 28.7 Å². The van der Waals surface area contributed by atoms with Gasteiger partial charge in [-0.25, -0.2) is 0 Å². The van der Waals surface area contributed by atoms with Crippen LogP contribution in [0.2, 0.25) is 0 Å². The Morgan fingerprint density at radius 1 is 1.38 bits per heavy atom. The van der Waals surface area contributed by atoms with E-state index in [9.17, 15) is 4.79 Å². The molecule has 5 heteroatoms. The van der Waals surface area contributed by atoms with Gasteiger partial charge in [0, 0.05) is 13.1 Å². The highest BCUT2D eigenvalue weighted by atomic mass is 16.1. The van der Waals surface area contributed by atoms with E-state index in [1.54, 1.807) is 6.07 Å². The first-order valence-electron chi connectivity index (χ1n) is 5.45. The fraction of sp³-hybridized carbons (Fsp3) is 0.545. The van der Waals surface area contributed by atoms with Crippen molar-refractivity contribution in [3.63, 3.8) is 0 Å². The molecule has 1 rings (SSSR count). The van der Waals surface area contributed by atoms with Crippen molar-refractivity contribution in [3.05, 3.63) is 23.0 Å². The second-order valence-electron chi connectivity index (χ2n) is 3.56. The van der Waals surface area contributed by atoms with Crippen molar-refractivity contribution in [2.24, 2.45) is 0 Å². The fourth-order valence-electron chi connectivity index (χ4n) is 1.37. The summed E-state index contributed by atoms with van der Waals surface area (Å²) >= 11 is 0. The van der Waals surface area contributed by atoms with Crippen molar-refractivity contribution in [2.45, 2.75) is 20.3 Å². The van der Waals surface area contributed by atoms with Gasteiger partial charge in [0.1, 0.15) is 0 Å². The molecule has 1 aromatic heterocycles. The lowest BCUT2D eigenvalue weighted by Crippen LogP contribution is -2.31. The topological polar surface area (TPSA) is 66.9 Å². The number of rotatable bonds is 5. The van der Waals surface area contributed by atoms with Crippen LogP contribution in [0.3, 0.4) is 0 Å². The Morgan fingerprint density at radius 2 is 2.12 bits per heavy atom. The largest absolute Gasteiger partial charge is 0.351 e. The Morgan fingerprint density at radius 3 is 2.75 bits per heavy atom. The average molecular weight is 222 g/mol. The summed E-state index contributed by atoms with van der Waals surface area (Å²) in [5.74, 6) is -0.0786. The van der Waals surface area contributed by atoms with Crippen molar-refractivity contribution >= 4 is 5.91 Å². The van der Waals surface area contributed by atoms with Crippen molar-refractivity contribution < 1.29 is 4.79 Å². The van der Waals surface area contributed by atoms with Gasteiger partial charge in [0.05, 0.1) is 17.0 Å². The monoisotopic (exact) mass is 222 g/mol. The van der Waals surface area contributed by atoms with E-state index >= 15 is 0 Å². The number of hydrogen-bond donors (Lipinski definition) is 2. The third-order valence-corrected chi connectivity index (χ3v) is 2.23. The number of hydrogen-bond acceptors (Lipinski definition) is 4. The van der Waals surface area contributed by atoms with Crippen LogP contribution < -0.4 is 10.6 Å². The van der Waals surface area contributed by atoms with Crippen LogP contribution in [0.15, 0.2) is 6.07 Å². The predicted octanol–water partition coefficient (Wildman–Crippen LogP) is 0.297. The van der Waals surface area contributed by atoms with E-state index in [1.165, 1.54) is 0 Å². The van der Waals surface area contributed by atoms with Crippen LogP contribution in [-0.4, -0.2) is 36.2 Å². The van der Waals surface area contributed by atoms with Gasteiger partial charge in [-0.2, -0.15) is 10.2 Å². The summed E-state index contributed by atoms with van der Waals surface area (Å²) in [5.41, 5.74) is 2.13. The molecule has 0 aliphatic carbocycles. The van der Waals surface area contributed by atoms with Gasteiger partial charge in [-0.3, -0.25) is 4.79 Å². The van der Waals surface area contributed by atoms with E-state index in [2.05, 4.69) is 20.8 Å². The lowest BCUT2D eigenvalue weighted by Gasteiger charge is -2.08. The Bertz CT molecular complexity index is 365. The summed E-state index contributed by atoms with van der Waals surface area (Å²) < 4.78 is 0. The summed E-state index contributed by atoms with van der Waals surface area (Å²) in [7, 11) is 1.85. The van der Waals surface area contributed by atoms with Gasteiger partial charge in [0.15, 0.2) is 0 Å². The molecule has 1 heterocycles. The highest BCUT2D eigenvalue weighted by Crippen LogP contribution is 2.06. The molecule has 0 spiro atoms. The molecule has 0 saturated heterocycles. The summed E-state index contributed by atoms with van der Waals surface area (Å²) in [6.07, 6.45) is 0.710. The minimum Gasteiger partial charge on any atom is -0.351 e. The molecule has 1 amide bonds. The second-order valence-corrected chi connectivity index (χ2v) is 3.56. The molecule has 88 valence electrons. The zero-order chi connectivity index (χ0) is 12.0. The Balaban J connectivity index is 2.76. The SMILES string of the molecule is CCc1nnc(C)cc1C(=O)NCCNC. The van der Waals surface area contributed by atoms with Crippen molar-refractivity contribution in [1.29, 1.82) is 0 Å². The Kier molecular flexibility index (Phi) is 4.85. The zero-order valence-electron chi connectivity index (χ0n) is 10.0. The van der Waals surface area contributed by atoms with Crippen LogP contribution in [0.25, 0.3) is 0 Å².